The zero-order valence-electron chi connectivity index (χ0n) is 13.1. The normalized spacial score (nSPS) is 10.4. The highest BCUT2D eigenvalue weighted by molar-refractivity contribution is 6.08. The van der Waals surface area contributed by atoms with Crippen LogP contribution in [-0.4, -0.2) is 16.1 Å². The summed E-state index contributed by atoms with van der Waals surface area (Å²) < 4.78 is 0. The van der Waals surface area contributed by atoms with Crippen molar-refractivity contribution in [3.63, 3.8) is 0 Å². The Morgan fingerprint density at radius 3 is 2.04 bits per heavy atom. The molecule has 0 aliphatic rings. The number of fused-ring (bicyclic) bond motifs is 2. The summed E-state index contributed by atoms with van der Waals surface area (Å²) in [7, 11) is 0. The molecule has 3 aromatic carbocycles. The second-order valence-electron chi connectivity index (χ2n) is 5.53. The summed E-state index contributed by atoms with van der Waals surface area (Å²) in [5, 5.41) is 14.6. The van der Waals surface area contributed by atoms with Crippen LogP contribution in [0.15, 0.2) is 72.8 Å². The van der Waals surface area contributed by atoms with Crippen LogP contribution in [0.1, 0.15) is 10.4 Å². The fourth-order valence-corrected chi connectivity index (χ4v) is 2.85. The molecule has 25 heavy (non-hydrogen) atoms. The molecule has 0 unspecified atom stereocenters. The Hall–Kier alpha value is -3.11. The van der Waals surface area contributed by atoms with Crippen LogP contribution in [0.3, 0.4) is 0 Å². The Bertz CT molecular complexity index is 1030. The summed E-state index contributed by atoms with van der Waals surface area (Å²) in [4.78, 5) is 15.9. The lowest BCUT2D eigenvalue weighted by Crippen LogP contribution is -1.99. The number of nitrogens with one attached hydrogen (secondary N) is 1. The third-order valence-corrected chi connectivity index (χ3v) is 3.97. The van der Waals surface area contributed by atoms with E-state index in [2.05, 4.69) is 5.32 Å². The number of para-hydroxylation sites is 2. The number of pyridine rings is 1. The lowest BCUT2D eigenvalue weighted by molar-refractivity contribution is 0.0697. The first-order valence-corrected chi connectivity index (χ1v) is 7.60. The van der Waals surface area contributed by atoms with Crippen molar-refractivity contribution in [1.29, 1.82) is 0 Å². The number of carboxylic acids is 1. The third kappa shape index (κ3) is 3.12. The highest BCUT2D eigenvalue weighted by Crippen LogP contribution is 2.33. The molecule has 0 saturated heterocycles. The Balaban J connectivity index is 0.00000182. The van der Waals surface area contributed by atoms with E-state index in [4.69, 9.17) is 4.98 Å². The van der Waals surface area contributed by atoms with Crippen molar-refractivity contribution in [2.45, 2.75) is 0 Å². The van der Waals surface area contributed by atoms with Gasteiger partial charge in [0, 0.05) is 16.5 Å². The molecular weight excluding hydrogens is 336 g/mol. The van der Waals surface area contributed by atoms with Crippen LogP contribution in [-0.2, 0) is 0 Å². The van der Waals surface area contributed by atoms with Gasteiger partial charge in [-0.3, -0.25) is 0 Å². The van der Waals surface area contributed by atoms with E-state index >= 15 is 0 Å². The molecule has 5 heteroatoms. The number of rotatable bonds is 3. The van der Waals surface area contributed by atoms with Gasteiger partial charge in [0.05, 0.1) is 22.3 Å². The molecule has 2 N–H and O–H groups in total. The first-order chi connectivity index (χ1) is 11.7. The van der Waals surface area contributed by atoms with Crippen LogP contribution in [0.2, 0.25) is 0 Å². The summed E-state index contributed by atoms with van der Waals surface area (Å²) in [6.07, 6.45) is 0. The van der Waals surface area contributed by atoms with Gasteiger partial charge in [0.15, 0.2) is 0 Å². The van der Waals surface area contributed by atoms with Crippen molar-refractivity contribution >= 4 is 51.6 Å². The summed E-state index contributed by atoms with van der Waals surface area (Å²) in [6, 6.07) is 22.6. The molecular formula is C20H15ClN2O2. The molecule has 0 aliphatic carbocycles. The smallest absolute Gasteiger partial charge is 0.335 e. The minimum Gasteiger partial charge on any atom is -0.478 e. The molecule has 0 saturated carbocycles. The standard InChI is InChI=1S/C20H14N2O2.ClH/c23-20(24)13-6-5-7-14(12-13)21-19-15-8-1-3-10-17(15)22-18-11-4-2-9-16(18)19;/h1-12H,(H,21,22)(H,23,24);1H. The van der Waals surface area contributed by atoms with E-state index in [0.717, 1.165) is 33.2 Å². The van der Waals surface area contributed by atoms with Crippen LogP contribution >= 0.6 is 12.4 Å². The van der Waals surface area contributed by atoms with E-state index in [9.17, 15) is 9.90 Å². The van der Waals surface area contributed by atoms with Crippen molar-refractivity contribution in [2.24, 2.45) is 0 Å². The number of benzene rings is 3. The minimum atomic E-state index is -0.942. The molecule has 4 aromatic rings. The zero-order chi connectivity index (χ0) is 16.5. The minimum absolute atomic E-state index is 0. The zero-order valence-corrected chi connectivity index (χ0v) is 14.0. The maximum Gasteiger partial charge on any atom is 0.335 e. The van der Waals surface area contributed by atoms with Gasteiger partial charge in [0.25, 0.3) is 0 Å². The van der Waals surface area contributed by atoms with Gasteiger partial charge < -0.3 is 10.4 Å². The van der Waals surface area contributed by atoms with Crippen LogP contribution < -0.4 is 5.32 Å². The van der Waals surface area contributed by atoms with Crippen LogP contribution in [0.25, 0.3) is 21.8 Å². The van der Waals surface area contributed by atoms with Gasteiger partial charge in [-0.25, -0.2) is 9.78 Å². The van der Waals surface area contributed by atoms with E-state index in [-0.39, 0.29) is 18.0 Å². The monoisotopic (exact) mass is 350 g/mol. The maximum atomic E-state index is 11.2. The molecule has 0 amide bonds. The number of aromatic nitrogens is 1. The van der Waals surface area contributed by atoms with E-state index in [1.54, 1.807) is 18.2 Å². The van der Waals surface area contributed by atoms with Gasteiger partial charge in [-0.1, -0.05) is 42.5 Å². The van der Waals surface area contributed by atoms with E-state index in [1.807, 2.05) is 54.6 Å². The highest BCUT2D eigenvalue weighted by Gasteiger charge is 2.10. The molecule has 0 atom stereocenters. The van der Waals surface area contributed by atoms with E-state index < -0.39 is 5.97 Å². The third-order valence-electron chi connectivity index (χ3n) is 3.97. The number of anilines is 2. The lowest BCUT2D eigenvalue weighted by Gasteiger charge is -2.13. The van der Waals surface area contributed by atoms with Crippen LogP contribution in [0.4, 0.5) is 11.4 Å². The van der Waals surface area contributed by atoms with Crippen molar-refractivity contribution in [1.82, 2.24) is 4.98 Å². The number of hydrogen-bond acceptors (Lipinski definition) is 3. The number of halogens is 1. The van der Waals surface area contributed by atoms with Crippen molar-refractivity contribution < 1.29 is 9.90 Å². The topological polar surface area (TPSA) is 62.2 Å². The first kappa shape index (κ1) is 16.7. The predicted octanol–water partition coefficient (Wildman–Crippen LogP) is 5.25. The molecule has 124 valence electrons. The largest absolute Gasteiger partial charge is 0.478 e. The molecule has 0 spiro atoms. The number of aromatic carboxylic acids is 1. The Morgan fingerprint density at radius 2 is 1.44 bits per heavy atom. The van der Waals surface area contributed by atoms with Gasteiger partial charge in [-0.15, -0.1) is 12.4 Å². The van der Waals surface area contributed by atoms with Crippen molar-refractivity contribution in [3.8, 4) is 0 Å². The van der Waals surface area contributed by atoms with Crippen LogP contribution in [0.5, 0.6) is 0 Å². The first-order valence-electron chi connectivity index (χ1n) is 7.60. The van der Waals surface area contributed by atoms with Gasteiger partial charge in [-0.05, 0) is 30.3 Å². The van der Waals surface area contributed by atoms with Crippen molar-refractivity contribution in [3.05, 3.63) is 78.4 Å². The summed E-state index contributed by atoms with van der Waals surface area (Å²) >= 11 is 0. The molecule has 1 aromatic heterocycles. The Labute approximate surface area is 150 Å². The number of hydrogen-bond donors (Lipinski definition) is 2. The lowest BCUT2D eigenvalue weighted by atomic mass is 10.1. The highest BCUT2D eigenvalue weighted by atomic mass is 35.5. The van der Waals surface area contributed by atoms with Gasteiger partial charge >= 0.3 is 5.97 Å². The molecule has 0 aliphatic heterocycles. The average Bonchev–Trinajstić information content (AvgIpc) is 2.62. The second kappa shape index (κ2) is 6.79. The van der Waals surface area contributed by atoms with E-state index in [1.165, 1.54) is 0 Å². The summed E-state index contributed by atoms with van der Waals surface area (Å²) in [6.45, 7) is 0. The SMILES string of the molecule is Cl.O=C(O)c1cccc(Nc2c3ccccc3nc3ccccc23)c1. The van der Waals surface area contributed by atoms with Gasteiger partial charge in [0.1, 0.15) is 0 Å². The fourth-order valence-electron chi connectivity index (χ4n) is 2.85. The van der Waals surface area contributed by atoms with E-state index in [0.29, 0.717) is 0 Å². The molecule has 0 fully saturated rings. The molecule has 1 heterocycles. The predicted molar refractivity (Wildman–Crippen MR) is 103 cm³/mol. The van der Waals surface area contributed by atoms with Crippen LogP contribution in [0, 0.1) is 0 Å². The fraction of sp³-hybridized carbons (Fsp3) is 0. The molecule has 0 radical (unpaired) electrons. The quantitative estimate of drug-likeness (QED) is 0.495. The molecule has 4 rings (SSSR count). The number of carbonyl (C=O) groups is 1. The molecule has 4 nitrogen and oxygen atoms in total. The van der Waals surface area contributed by atoms with Gasteiger partial charge in [-0.2, -0.15) is 0 Å². The Morgan fingerprint density at radius 1 is 0.840 bits per heavy atom. The maximum absolute atomic E-state index is 11.2. The number of carboxylic acid groups (broad SMARTS) is 1. The second-order valence-corrected chi connectivity index (χ2v) is 5.53. The van der Waals surface area contributed by atoms with Crippen molar-refractivity contribution in [2.75, 3.05) is 5.32 Å². The van der Waals surface area contributed by atoms with Gasteiger partial charge in [0.2, 0.25) is 0 Å². The summed E-state index contributed by atoms with van der Waals surface area (Å²) in [5.74, 6) is -0.942. The Kier molecular flexibility index (Phi) is 4.55. The summed E-state index contributed by atoms with van der Waals surface area (Å²) in [5.41, 5.74) is 3.71. The number of nitrogens with zero attached hydrogens (tertiary/aromatic N) is 1. The average molecular weight is 351 g/mol. The molecule has 0 bridgehead atoms.